The van der Waals surface area contributed by atoms with Gasteiger partial charge in [-0.25, -0.2) is 0 Å². The van der Waals surface area contributed by atoms with Gasteiger partial charge in [-0.15, -0.1) is 0 Å². The Morgan fingerprint density at radius 3 is 1.61 bits per heavy atom. The van der Waals surface area contributed by atoms with Crippen molar-refractivity contribution >= 4 is 11.6 Å². The molecular formula is C24H28O4. The molecule has 0 aliphatic carbocycles. The highest BCUT2D eigenvalue weighted by Crippen LogP contribution is 2.27. The zero-order chi connectivity index (χ0) is 20.5. The molecule has 0 aliphatic heterocycles. The zero-order valence-corrected chi connectivity index (χ0v) is 17.4. The maximum atomic E-state index is 5.34. The van der Waals surface area contributed by atoms with Gasteiger partial charge in [0.1, 0.15) is 23.0 Å². The fraction of sp³-hybridized carbons (Fsp3) is 0.250. The van der Waals surface area contributed by atoms with Crippen molar-refractivity contribution in [3.63, 3.8) is 0 Å². The summed E-state index contributed by atoms with van der Waals surface area (Å²) < 4.78 is 21.3. The fourth-order valence-electron chi connectivity index (χ4n) is 2.70. The van der Waals surface area contributed by atoms with E-state index in [4.69, 9.17) is 18.9 Å². The normalized spacial score (nSPS) is 12.2. The van der Waals surface area contributed by atoms with Gasteiger partial charge in [0, 0.05) is 12.1 Å². The monoisotopic (exact) mass is 380 g/mol. The van der Waals surface area contributed by atoms with Crippen LogP contribution in [-0.2, 0) is 0 Å². The van der Waals surface area contributed by atoms with E-state index in [1.165, 1.54) is 0 Å². The Morgan fingerprint density at radius 2 is 1.14 bits per heavy atom. The number of rotatable bonds is 8. The highest BCUT2D eigenvalue weighted by atomic mass is 16.5. The van der Waals surface area contributed by atoms with E-state index in [1.54, 1.807) is 28.4 Å². The largest absolute Gasteiger partial charge is 0.497 e. The molecule has 0 saturated carbocycles. The molecule has 0 N–H and O–H groups in total. The summed E-state index contributed by atoms with van der Waals surface area (Å²) in [6.07, 6.45) is 8.24. The van der Waals surface area contributed by atoms with Crippen LogP contribution in [-0.4, -0.2) is 28.4 Å². The molecule has 0 aromatic heterocycles. The van der Waals surface area contributed by atoms with Crippen molar-refractivity contribution in [1.29, 1.82) is 0 Å². The second kappa shape index (κ2) is 10.3. The quantitative estimate of drug-likeness (QED) is 0.544. The Bertz CT molecular complexity index is 847. The Morgan fingerprint density at radius 1 is 0.679 bits per heavy atom. The van der Waals surface area contributed by atoms with Crippen molar-refractivity contribution in [2.24, 2.45) is 0 Å². The Balaban J connectivity index is 2.20. The van der Waals surface area contributed by atoms with Gasteiger partial charge in [-0.2, -0.15) is 0 Å². The predicted molar refractivity (Wildman–Crippen MR) is 116 cm³/mol. The van der Waals surface area contributed by atoms with E-state index in [0.29, 0.717) is 0 Å². The van der Waals surface area contributed by atoms with Crippen LogP contribution >= 0.6 is 0 Å². The minimum absolute atomic E-state index is 0.769. The molecule has 4 heteroatoms. The third-order valence-corrected chi connectivity index (χ3v) is 4.28. The number of allylic oxidation sites excluding steroid dienone is 5. The van der Waals surface area contributed by atoms with Crippen LogP contribution in [0.3, 0.4) is 0 Å². The molecule has 0 radical (unpaired) electrons. The summed E-state index contributed by atoms with van der Waals surface area (Å²) in [6.45, 7) is 4.12. The van der Waals surface area contributed by atoms with Crippen molar-refractivity contribution in [2.45, 2.75) is 13.8 Å². The molecule has 0 atom stereocenters. The maximum Gasteiger partial charge on any atom is 0.123 e. The van der Waals surface area contributed by atoms with Crippen LogP contribution in [0, 0.1) is 0 Å². The lowest BCUT2D eigenvalue weighted by Crippen LogP contribution is -1.90. The minimum atomic E-state index is 0.769. The summed E-state index contributed by atoms with van der Waals surface area (Å²) in [4.78, 5) is 0. The second-order valence-corrected chi connectivity index (χ2v) is 6.34. The van der Waals surface area contributed by atoms with Crippen LogP contribution in [0.25, 0.3) is 11.6 Å². The first-order chi connectivity index (χ1) is 13.5. The lowest BCUT2D eigenvalue weighted by Gasteiger charge is -2.08. The molecule has 2 aromatic rings. The van der Waals surface area contributed by atoms with Crippen LogP contribution in [0.4, 0.5) is 0 Å². The summed E-state index contributed by atoms with van der Waals surface area (Å²) in [5.74, 6) is 3.08. The van der Waals surface area contributed by atoms with Gasteiger partial charge in [0.05, 0.1) is 28.4 Å². The third kappa shape index (κ3) is 5.95. The van der Waals surface area contributed by atoms with Gasteiger partial charge in [-0.3, -0.25) is 0 Å². The topological polar surface area (TPSA) is 36.9 Å². The number of hydrogen-bond acceptors (Lipinski definition) is 4. The van der Waals surface area contributed by atoms with E-state index >= 15 is 0 Å². The summed E-state index contributed by atoms with van der Waals surface area (Å²) in [6, 6.07) is 11.7. The van der Waals surface area contributed by atoms with Crippen LogP contribution in [0.5, 0.6) is 23.0 Å². The van der Waals surface area contributed by atoms with Gasteiger partial charge in [-0.05, 0) is 54.8 Å². The van der Waals surface area contributed by atoms with Crippen molar-refractivity contribution in [3.05, 3.63) is 71.3 Å². The molecule has 4 nitrogen and oxygen atoms in total. The van der Waals surface area contributed by atoms with Crippen molar-refractivity contribution < 1.29 is 18.9 Å². The average molecular weight is 380 g/mol. The van der Waals surface area contributed by atoms with Crippen molar-refractivity contribution in [3.8, 4) is 23.0 Å². The molecule has 0 fully saturated rings. The maximum absolute atomic E-state index is 5.34. The number of ether oxygens (including phenoxy) is 4. The Hall–Kier alpha value is -3.14. The molecule has 0 bridgehead atoms. The molecule has 0 aliphatic rings. The van der Waals surface area contributed by atoms with Crippen molar-refractivity contribution in [1.82, 2.24) is 0 Å². The van der Waals surface area contributed by atoms with Crippen molar-refractivity contribution in [2.75, 3.05) is 28.4 Å². The highest BCUT2D eigenvalue weighted by Gasteiger charge is 2.03. The summed E-state index contributed by atoms with van der Waals surface area (Å²) in [5, 5.41) is 0. The van der Waals surface area contributed by atoms with Crippen LogP contribution in [0.15, 0.2) is 60.2 Å². The first-order valence-corrected chi connectivity index (χ1v) is 8.98. The lowest BCUT2D eigenvalue weighted by atomic mass is 10.1. The minimum Gasteiger partial charge on any atom is -0.497 e. The van der Waals surface area contributed by atoms with Gasteiger partial charge < -0.3 is 18.9 Å². The SMILES string of the molecule is COc1cc(/C=C(C)/C=C/C=C(\C)c2cc(OC)cc(OC)c2)cc(OC)c1. The first kappa shape index (κ1) is 21.2. The van der Waals surface area contributed by atoms with Crippen LogP contribution in [0.1, 0.15) is 25.0 Å². The van der Waals surface area contributed by atoms with E-state index in [-0.39, 0.29) is 0 Å². The van der Waals surface area contributed by atoms with E-state index in [2.05, 4.69) is 32.1 Å². The molecule has 0 amide bonds. The Kier molecular flexibility index (Phi) is 7.76. The standard InChI is InChI=1S/C24H28O4/c1-17(10-19-11-21(25-3)15-22(12-19)26-4)8-7-9-18(2)20-13-23(27-5)16-24(14-20)28-6/h7-16H,1-6H3/b8-7+,17-10+,18-9+. The van der Waals surface area contributed by atoms with Gasteiger partial charge >= 0.3 is 0 Å². The van der Waals surface area contributed by atoms with Crippen LogP contribution < -0.4 is 18.9 Å². The summed E-state index contributed by atoms with van der Waals surface area (Å²) in [5.41, 5.74) is 4.31. The van der Waals surface area contributed by atoms with Crippen LogP contribution in [0.2, 0.25) is 0 Å². The molecule has 0 saturated heterocycles. The number of methoxy groups -OCH3 is 4. The summed E-state index contributed by atoms with van der Waals surface area (Å²) >= 11 is 0. The molecule has 0 spiro atoms. The van der Waals surface area contributed by atoms with Gasteiger partial charge in [0.15, 0.2) is 0 Å². The molecule has 0 heterocycles. The molecule has 0 unspecified atom stereocenters. The van der Waals surface area contributed by atoms with Gasteiger partial charge in [0.25, 0.3) is 0 Å². The highest BCUT2D eigenvalue weighted by molar-refractivity contribution is 5.68. The fourth-order valence-corrected chi connectivity index (χ4v) is 2.70. The van der Waals surface area contributed by atoms with E-state index in [1.807, 2.05) is 42.5 Å². The smallest absolute Gasteiger partial charge is 0.123 e. The van der Waals surface area contributed by atoms with Gasteiger partial charge in [0.2, 0.25) is 0 Å². The summed E-state index contributed by atoms with van der Waals surface area (Å²) in [7, 11) is 6.60. The molecule has 2 rings (SSSR count). The second-order valence-electron chi connectivity index (χ2n) is 6.34. The third-order valence-electron chi connectivity index (χ3n) is 4.28. The van der Waals surface area contributed by atoms with Gasteiger partial charge in [-0.1, -0.05) is 29.9 Å². The number of hydrogen-bond donors (Lipinski definition) is 0. The molecular weight excluding hydrogens is 352 g/mol. The first-order valence-electron chi connectivity index (χ1n) is 8.98. The van der Waals surface area contributed by atoms with E-state index in [9.17, 15) is 0 Å². The molecule has 148 valence electrons. The zero-order valence-electron chi connectivity index (χ0n) is 17.4. The van der Waals surface area contributed by atoms with E-state index < -0.39 is 0 Å². The number of benzene rings is 2. The predicted octanol–water partition coefficient (Wildman–Crippen LogP) is 5.78. The average Bonchev–Trinajstić information content (AvgIpc) is 2.72. The van der Waals surface area contributed by atoms with E-state index in [0.717, 1.165) is 45.3 Å². The molecule has 28 heavy (non-hydrogen) atoms. The lowest BCUT2D eigenvalue weighted by molar-refractivity contribution is 0.394. The molecule has 2 aromatic carbocycles. The Labute approximate surface area is 167 Å².